The largest absolute Gasteiger partial charge is 0.489 e. The first-order chi connectivity index (χ1) is 14.3. The van der Waals surface area contributed by atoms with Crippen molar-refractivity contribution in [1.29, 1.82) is 0 Å². The number of carbonyl (C=O) groups excluding carboxylic acids is 2. The van der Waals surface area contributed by atoms with Crippen molar-refractivity contribution in [2.75, 3.05) is 5.75 Å². The number of thiol groups is 1. The Morgan fingerprint density at radius 1 is 1.03 bits per heavy atom. The molecular formula is C23H30N2O4S. The minimum absolute atomic E-state index is 0.287. The summed E-state index contributed by atoms with van der Waals surface area (Å²) in [4.78, 5) is 24.6. The Balaban J connectivity index is 1.89. The van der Waals surface area contributed by atoms with Gasteiger partial charge in [-0.25, -0.2) is 4.79 Å². The van der Waals surface area contributed by atoms with E-state index in [0.29, 0.717) is 25.3 Å². The van der Waals surface area contributed by atoms with Gasteiger partial charge >= 0.3 is 6.09 Å². The van der Waals surface area contributed by atoms with Crippen molar-refractivity contribution in [3.05, 3.63) is 65.7 Å². The molecule has 6 nitrogen and oxygen atoms in total. The van der Waals surface area contributed by atoms with Crippen LogP contribution in [0, 0.1) is 0 Å². The smallest absolute Gasteiger partial charge is 0.408 e. The molecule has 2 aromatic carbocycles. The van der Waals surface area contributed by atoms with Gasteiger partial charge in [0, 0.05) is 6.54 Å². The van der Waals surface area contributed by atoms with Gasteiger partial charge in [-0.2, -0.15) is 12.6 Å². The van der Waals surface area contributed by atoms with Gasteiger partial charge in [-0.05, 0) is 56.2 Å². The quantitative estimate of drug-likeness (QED) is 0.524. The molecule has 2 aromatic rings. The fourth-order valence-corrected chi connectivity index (χ4v) is 2.90. The molecule has 0 aliphatic rings. The SMILES string of the molecule is CC(C)(C)OC(=O)NC(CCS)C(=O)NCc1cccc(OCc2ccccc2)c1. The maximum atomic E-state index is 12.6. The first-order valence-electron chi connectivity index (χ1n) is 9.90. The fourth-order valence-electron chi connectivity index (χ4n) is 2.65. The lowest BCUT2D eigenvalue weighted by molar-refractivity contribution is -0.123. The summed E-state index contributed by atoms with van der Waals surface area (Å²) in [6.45, 7) is 6.11. The molecular weight excluding hydrogens is 400 g/mol. The van der Waals surface area contributed by atoms with E-state index in [9.17, 15) is 9.59 Å². The average molecular weight is 431 g/mol. The summed E-state index contributed by atoms with van der Waals surface area (Å²) in [5, 5.41) is 5.47. The monoisotopic (exact) mass is 430 g/mol. The van der Waals surface area contributed by atoms with Crippen molar-refractivity contribution in [3.8, 4) is 5.75 Å². The highest BCUT2D eigenvalue weighted by atomic mass is 32.1. The summed E-state index contributed by atoms with van der Waals surface area (Å²) < 4.78 is 11.1. The number of ether oxygens (including phenoxy) is 2. The second kappa shape index (κ2) is 11.5. The number of hydrogen-bond acceptors (Lipinski definition) is 5. The standard InChI is InChI=1S/C23H30N2O4S/c1-23(2,3)29-22(27)25-20(12-13-30)21(26)24-15-18-10-7-11-19(14-18)28-16-17-8-5-4-6-9-17/h4-11,14,20,30H,12-13,15-16H2,1-3H3,(H,24,26)(H,25,27). The third kappa shape index (κ3) is 8.78. The highest BCUT2D eigenvalue weighted by Crippen LogP contribution is 2.15. The van der Waals surface area contributed by atoms with Crippen LogP contribution in [0.2, 0.25) is 0 Å². The van der Waals surface area contributed by atoms with Crippen molar-refractivity contribution >= 4 is 24.6 Å². The van der Waals surface area contributed by atoms with Crippen LogP contribution in [0.15, 0.2) is 54.6 Å². The number of hydrogen-bond donors (Lipinski definition) is 3. The van der Waals surface area contributed by atoms with Crippen LogP contribution in [0.4, 0.5) is 4.79 Å². The lowest BCUT2D eigenvalue weighted by Gasteiger charge is -2.23. The maximum absolute atomic E-state index is 12.6. The lowest BCUT2D eigenvalue weighted by atomic mass is 10.1. The van der Waals surface area contributed by atoms with Crippen molar-refractivity contribution in [2.45, 2.75) is 52.0 Å². The molecule has 0 aliphatic carbocycles. The lowest BCUT2D eigenvalue weighted by Crippen LogP contribution is -2.48. The zero-order chi connectivity index (χ0) is 22.0. The first kappa shape index (κ1) is 23.6. The Morgan fingerprint density at radius 3 is 2.40 bits per heavy atom. The molecule has 7 heteroatoms. The van der Waals surface area contributed by atoms with Gasteiger partial charge in [-0.3, -0.25) is 4.79 Å². The van der Waals surface area contributed by atoms with Gasteiger partial charge in [0.1, 0.15) is 24.0 Å². The number of alkyl carbamates (subject to hydrolysis) is 1. The van der Waals surface area contributed by atoms with Crippen LogP contribution in [-0.2, 0) is 22.7 Å². The fraction of sp³-hybridized carbons (Fsp3) is 0.391. The van der Waals surface area contributed by atoms with E-state index >= 15 is 0 Å². The summed E-state index contributed by atoms with van der Waals surface area (Å²) in [6.07, 6.45) is -0.227. The molecule has 0 radical (unpaired) electrons. The summed E-state index contributed by atoms with van der Waals surface area (Å²) >= 11 is 4.18. The molecule has 0 fully saturated rings. The van der Waals surface area contributed by atoms with E-state index in [4.69, 9.17) is 9.47 Å². The topological polar surface area (TPSA) is 76.7 Å². The van der Waals surface area contributed by atoms with Gasteiger partial charge in [0.2, 0.25) is 5.91 Å². The van der Waals surface area contributed by atoms with Crippen LogP contribution in [0.1, 0.15) is 38.3 Å². The molecule has 1 atom stereocenters. The van der Waals surface area contributed by atoms with Crippen LogP contribution in [0.3, 0.4) is 0 Å². The van der Waals surface area contributed by atoms with E-state index < -0.39 is 17.7 Å². The van der Waals surface area contributed by atoms with E-state index in [-0.39, 0.29) is 5.91 Å². The zero-order valence-corrected chi connectivity index (χ0v) is 18.6. The number of carbonyl (C=O) groups is 2. The van der Waals surface area contributed by atoms with Crippen LogP contribution in [-0.4, -0.2) is 29.4 Å². The second-order valence-electron chi connectivity index (χ2n) is 7.85. The predicted octanol–water partition coefficient (Wildman–Crippen LogP) is 4.10. The number of rotatable bonds is 9. The molecule has 0 aromatic heterocycles. The van der Waals surface area contributed by atoms with Gasteiger partial charge in [0.15, 0.2) is 0 Å². The number of nitrogens with one attached hydrogen (secondary N) is 2. The number of amides is 2. The molecule has 0 saturated heterocycles. The summed E-state index contributed by atoms with van der Waals surface area (Å²) in [7, 11) is 0. The predicted molar refractivity (Wildman–Crippen MR) is 121 cm³/mol. The molecule has 0 aliphatic heterocycles. The molecule has 0 bridgehead atoms. The van der Waals surface area contributed by atoms with Gasteiger partial charge in [0.05, 0.1) is 0 Å². The number of benzene rings is 2. The molecule has 2 amide bonds. The average Bonchev–Trinajstić information content (AvgIpc) is 2.70. The van der Waals surface area contributed by atoms with E-state index in [2.05, 4.69) is 23.3 Å². The minimum atomic E-state index is -0.713. The summed E-state index contributed by atoms with van der Waals surface area (Å²) in [5.74, 6) is 0.895. The molecule has 30 heavy (non-hydrogen) atoms. The third-order valence-electron chi connectivity index (χ3n) is 4.04. The van der Waals surface area contributed by atoms with Gasteiger partial charge in [0.25, 0.3) is 0 Å². The molecule has 0 saturated carbocycles. The highest BCUT2D eigenvalue weighted by molar-refractivity contribution is 7.80. The van der Waals surface area contributed by atoms with E-state index in [1.54, 1.807) is 20.8 Å². The Bertz CT molecular complexity index is 821. The molecule has 0 spiro atoms. The molecule has 2 N–H and O–H groups in total. The van der Waals surface area contributed by atoms with Crippen LogP contribution >= 0.6 is 12.6 Å². The minimum Gasteiger partial charge on any atom is -0.489 e. The van der Waals surface area contributed by atoms with E-state index in [1.165, 1.54) is 0 Å². The van der Waals surface area contributed by atoms with E-state index in [0.717, 1.165) is 16.9 Å². The third-order valence-corrected chi connectivity index (χ3v) is 4.30. The molecule has 1 unspecified atom stereocenters. The van der Waals surface area contributed by atoms with Crippen LogP contribution in [0.25, 0.3) is 0 Å². The van der Waals surface area contributed by atoms with Gasteiger partial charge in [-0.1, -0.05) is 42.5 Å². The summed E-state index contributed by atoms with van der Waals surface area (Å²) in [6, 6.07) is 16.7. The Kier molecular flexibility index (Phi) is 9.05. The van der Waals surface area contributed by atoms with Crippen molar-refractivity contribution in [2.24, 2.45) is 0 Å². The Labute approximate surface area is 183 Å². The second-order valence-corrected chi connectivity index (χ2v) is 8.30. The van der Waals surface area contributed by atoms with E-state index in [1.807, 2.05) is 54.6 Å². The highest BCUT2D eigenvalue weighted by Gasteiger charge is 2.23. The molecule has 2 rings (SSSR count). The van der Waals surface area contributed by atoms with Crippen LogP contribution < -0.4 is 15.4 Å². The zero-order valence-electron chi connectivity index (χ0n) is 17.7. The van der Waals surface area contributed by atoms with Crippen LogP contribution in [0.5, 0.6) is 5.75 Å². The Morgan fingerprint density at radius 2 is 1.73 bits per heavy atom. The Hall–Kier alpha value is -2.67. The van der Waals surface area contributed by atoms with Crippen molar-refractivity contribution < 1.29 is 19.1 Å². The normalized spacial score (nSPS) is 12.0. The van der Waals surface area contributed by atoms with Gasteiger partial charge < -0.3 is 20.1 Å². The van der Waals surface area contributed by atoms with Crippen molar-refractivity contribution in [3.63, 3.8) is 0 Å². The first-order valence-corrected chi connectivity index (χ1v) is 10.5. The van der Waals surface area contributed by atoms with Crippen molar-refractivity contribution in [1.82, 2.24) is 10.6 Å². The maximum Gasteiger partial charge on any atom is 0.408 e. The summed E-state index contributed by atoms with van der Waals surface area (Å²) in [5.41, 5.74) is 1.35. The molecule has 0 heterocycles. The van der Waals surface area contributed by atoms with Gasteiger partial charge in [-0.15, -0.1) is 0 Å². The molecule has 162 valence electrons.